The molecule has 2 N–H and O–H groups in total. The number of alkyl halides is 3. The lowest BCUT2D eigenvalue weighted by atomic mass is 9.95. The third kappa shape index (κ3) is 3.34. The molecule has 1 aromatic heterocycles. The van der Waals surface area contributed by atoms with Crippen LogP contribution < -0.4 is 10.9 Å². The fraction of sp³-hybridized carbons (Fsp3) is 0.294. The number of halogens is 3. The molecular formula is C17H15F3N2O2. The first-order chi connectivity index (χ1) is 11.3. The molecule has 1 aliphatic carbocycles. The van der Waals surface area contributed by atoms with Crippen LogP contribution in [0.2, 0.25) is 0 Å². The summed E-state index contributed by atoms with van der Waals surface area (Å²) < 4.78 is 38.1. The quantitative estimate of drug-likeness (QED) is 0.881. The van der Waals surface area contributed by atoms with Crippen molar-refractivity contribution >= 4 is 11.6 Å². The highest BCUT2D eigenvalue weighted by Crippen LogP contribution is 2.30. The first-order valence-electron chi connectivity index (χ1n) is 7.58. The Morgan fingerprint density at radius 3 is 2.62 bits per heavy atom. The smallest absolute Gasteiger partial charge is 0.325 e. The van der Waals surface area contributed by atoms with Gasteiger partial charge in [-0.05, 0) is 55.5 Å². The number of pyridine rings is 1. The molecule has 4 nitrogen and oxygen atoms in total. The minimum Gasteiger partial charge on any atom is -0.325 e. The highest BCUT2D eigenvalue weighted by Gasteiger charge is 2.30. The summed E-state index contributed by atoms with van der Waals surface area (Å²) in [5, 5.41) is 2.36. The molecule has 0 saturated heterocycles. The Balaban J connectivity index is 1.87. The van der Waals surface area contributed by atoms with Gasteiger partial charge < -0.3 is 10.3 Å². The maximum Gasteiger partial charge on any atom is 0.416 e. The molecule has 0 bridgehead atoms. The van der Waals surface area contributed by atoms with E-state index in [4.69, 9.17) is 0 Å². The summed E-state index contributed by atoms with van der Waals surface area (Å²) in [5.74, 6) is -0.719. The number of anilines is 1. The van der Waals surface area contributed by atoms with Crippen LogP contribution in [-0.4, -0.2) is 10.9 Å². The standard InChI is InChI=1S/C17H15F3N2O2/c18-17(19,20)11-5-3-6-12(9-11)21-15(23)13-8-10-4-1-2-7-14(10)22-16(13)24/h3,5-6,8-9H,1-2,4,7H2,(H,21,23)(H,22,24). The molecule has 3 rings (SSSR count). The summed E-state index contributed by atoms with van der Waals surface area (Å²) in [6.07, 6.45) is -0.994. The Bertz CT molecular complexity index is 840. The highest BCUT2D eigenvalue weighted by atomic mass is 19.4. The molecule has 24 heavy (non-hydrogen) atoms. The number of H-pyrrole nitrogens is 1. The fourth-order valence-corrected chi connectivity index (χ4v) is 2.82. The van der Waals surface area contributed by atoms with Crippen LogP contribution in [0.4, 0.5) is 18.9 Å². The van der Waals surface area contributed by atoms with Crippen molar-refractivity contribution in [2.75, 3.05) is 5.32 Å². The van der Waals surface area contributed by atoms with E-state index in [2.05, 4.69) is 10.3 Å². The molecule has 1 heterocycles. The third-order valence-corrected chi connectivity index (χ3v) is 4.03. The van der Waals surface area contributed by atoms with Gasteiger partial charge >= 0.3 is 6.18 Å². The zero-order valence-electron chi connectivity index (χ0n) is 12.7. The summed E-state index contributed by atoms with van der Waals surface area (Å²) in [6.45, 7) is 0. The monoisotopic (exact) mass is 336 g/mol. The molecule has 0 unspecified atom stereocenters. The van der Waals surface area contributed by atoms with Gasteiger partial charge in [0.25, 0.3) is 11.5 Å². The minimum atomic E-state index is -4.50. The van der Waals surface area contributed by atoms with Gasteiger partial charge in [-0.15, -0.1) is 0 Å². The number of carbonyl (C=O) groups excluding carboxylic acids is 1. The van der Waals surface area contributed by atoms with Gasteiger partial charge in [0.2, 0.25) is 0 Å². The first-order valence-corrected chi connectivity index (χ1v) is 7.58. The number of aryl methyl sites for hydroxylation is 2. The molecule has 1 aromatic carbocycles. The van der Waals surface area contributed by atoms with Gasteiger partial charge in [-0.3, -0.25) is 9.59 Å². The third-order valence-electron chi connectivity index (χ3n) is 4.03. The summed E-state index contributed by atoms with van der Waals surface area (Å²) in [4.78, 5) is 27.0. The Hall–Kier alpha value is -2.57. The molecule has 1 aliphatic rings. The van der Waals surface area contributed by atoms with Crippen LogP contribution >= 0.6 is 0 Å². The first kappa shape index (κ1) is 16.3. The second-order valence-electron chi connectivity index (χ2n) is 5.76. The van der Waals surface area contributed by atoms with E-state index in [-0.39, 0.29) is 11.3 Å². The molecule has 0 saturated carbocycles. The molecular weight excluding hydrogens is 321 g/mol. The molecule has 2 aromatic rings. The average Bonchev–Trinajstić information content (AvgIpc) is 2.53. The normalized spacial score (nSPS) is 14.1. The average molecular weight is 336 g/mol. The van der Waals surface area contributed by atoms with Gasteiger partial charge in [0.1, 0.15) is 5.56 Å². The molecule has 0 aliphatic heterocycles. The molecule has 7 heteroatoms. The Labute approximate surface area is 135 Å². The van der Waals surface area contributed by atoms with Crippen LogP contribution in [0.25, 0.3) is 0 Å². The number of aromatic nitrogens is 1. The van der Waals surface area contributed by atoms with Crippen molar-refractivity contribution in [3.63, 3.8) is 0 Å². The lowest BCUT2D eigenvalue weighted by Crippen LogP contribution is -2.26. The summed E-state index contributed by atoms with van der Waals surface area (Å²) in [5.41, 5.74) is 0.261. The largest absolute Gasteiger partial charge is 0.416 e. The number of rotatable bonds is 2. The van der Waals surface area contributed by atoms with Crippen molar-refractivity contribution in [1.82, 2.24) is 4.98 Å². The lowest BCUT2D eigenvalue weighted by Gasteiger charge is -2.16. The van der Waals surface area contributed by atoms with E-state index < -0.39 is 23.2 Å². The van der Waals surface area contributed by atoms with Crippen molar-refractivity contribution in [2.24, 2.45) is 0 Å². The van der Waals surface area contributed by atoms with Gasteiger partial charge in [0.05, 0.1) is 5.56 Å². The molecule has 0 atom stereocenters. The van der Waals surface area contributed by atoms with Gasteiger partial charge in [-0.25, -0.2) is 0 Å². The van der Waals surface area contributed by atoms with Gasteiger partial charge in [-0.2, -0.15) is 13.2 Å². The number of benzene rings is 1. The van der Waals surface area contributed by atoms with Crippen LogP contribution in [0, 0.1) is 0 Å². The van der Waals surface area contributed by atoms with Gasteiger partial charge in [0, 0.05) is 11.4 Å². The Morgan fingerprint density at radius 2 is 1.88 bits per heavy atom. The summed E-state index contributed by atoms with van der Waals surface area (Å²) in [7, 11) is 0. The van der Waals surface area contributed by atoms with Crippen LogP contribution in [0.5, 0.6) is 0 Å². The van der Waals surface area contributed by atoms with Crippen LogP contribution in [0.1, 0.15) is 40.0 Å². The number of hydrogen-bond acceptors (Lipinski definition) is 2. The minimum absolute atomic E-state index is 0.00746. The lowest BCUT2D eigenvalue weighted by molar-refractivity contribution is -0.137. The molecule has 0 spiro atoms. The highest BCUT2D eigenvalue weighted by molar-refractivity contribution is 6.04. The Kier molecular flexibility index (Phi) is 4.17. The topological polar surface area (TPSA) is 62.0 Å². The van der Waals surface area contributed by atoms with E-state index >= 15 is 0 Å². The van der Waals surface area contributed by atoms with E-state index in [9.17, 15) is 22.8 Å². The van der Waals surface area contributed by atoms with E-state index in [0.29, 0.717) is 0 Å². The van der Waals surface area contributed by atoms with Crippen molar-refractivity contribution in [3.8, 4) is 0 Å². The number of nitrogens with one attached hydrogen (secondary N) is 2. The fourth-order valence-electron chi connectivity index (χ4n) is 2.82. The number of carbonyl (C=O) groups is 1. The van der Waals surface area contributed by atoms with Crippen LogP contribution in [0.15, 0.2) is 35.1 Å². The second kappa shape index (κ2) is 6.14. The van der Waals surface area contributed by atoms with E-state index in [1.54, 1.807) is 0 Å². The number of hydrogen-bond donors (Lipinski definition) is 2. The second-order valence-corrected chi connectivity index (χ2v) is 5.76. The van der Waals surface area contributed by atoms with E-state index in [1.165, 1.54) is 18.2 Å². The Morgan fingerprint density at radius 1 is 1.12 bits per heavy atom. The summed E-state index contributed by atoms with van der Waals surface area (Å²) in [6, 6.07) is 5.84. The van der Waals surface area contributed by atoms with Crippen molar-refractivity contribution in [3.05, 3.63) is 63.1 Å². The van der Waals surface area contributed by atoms with Crippen LogP contribution in [0.3, 0.4) is 0 Å². The van der Waals surface area contributed by atoms with Crippen molar-refractivity contribution in [2.45, 2.75) is 31.9 Å². The SMILES string of the molecule is O=C(Nc1cccc(C(F)(F)F)c1)c1cc2c([nH]c1=O)CCCC2. The predicted molar refractivity (Wildman–Crippen MR) is 83.1 cm³/mol. The number of amides is 1. The van der Waals surface area contributed by atoms with Crippen molar-refractivity contribution < 1.29 is 18.0 Å². The number of aromatic amines is 1. The number of fused-ring (bicyclic) bond motifs is 1. The van der Waals surface area contributed by atoms with E-state index in [1.807, 2.05) is 0 Å². The van der Waals surface area contributed by atoms with Gasteiger partial charge in [0.15, 0.2) is 0 Å². The maximum absolute atomic E-state index is 12.7. The maximum atomic E-state index is 12.7. The van der Waals surface area contributed by atoms with Crippen LogP contribution in [-0.2, 0) is 19.0 Å². The predicted octanol–water partition coefficient (Wildman–Crippen LogP) is 3.52. The zero-order valence-corrected chi connectivity index (χ0v) is 12.7. The molecule has 126 valence electrons. The van der Waals surface area contributed by atoms with E-state index in [0.717, 1.165) is 49.1 Å². The molecule has 1 amide bonds. The molecule has 0 radical (unpaired) electrons. The van der Waals surface area contributed by atoms with Gasteiger partial charge in [-0.1, -0.05) is 6.07 Å². The van der Waals surface area contributed by atoms with Crippen molar-refractivity contribution in [1.29, 1.82) is 0 Å². The summed E-state index contributed by atoms with van der Waals surface area (Å²) >= 11 is 0. The zero-order chi connectivity index (χ0) is 17.3. The molecule has 0 fully saturated rings.